The number of carbonyl (C=O) groups is 1. The number of rotatable bonds is 2. The third kappa shape index (κ3) is 3.19. The topological polar surface area (TPSA) is 29.1 Å². The highest BCUT2D eigenvalue weighted by molar-refractivity contribution is 6.04. The third-order valence-corrected chi connectivity index (χ3v) is 3.18. The van der Waals surface area contributed by atoms with Gasteiger partial charge in [0.15, 0.2) is 0 Å². The fourth-order valence-corrected chi connectivity index (χ4v) is 1.54. The maximum atomic E-state index is 11.9. The van der Waals surface area contributed by atoms with Crippen molar-refractivity contribution in [3.8, 4) is 0 Å². The summed E-state index contributed by atoms with van der Waals surface area (Å²) in [6.07, 6.45) is 0. The van der Waals surface area contributed by atoms with E-state index in [0.717, 1.165) is 22.4 Å². The molecule has 1 amide bonds. The number of amides is 1. The van der Waals surface area contributed by atoms with Crippen LogP contribution in [0.25, 0.3) is 0 Å². The Morgan fingerprint density at radius 2 is 1.47 bits per heavy atom. The molecule has 0 spiro atoms. The molecule has 2 heteroatoms. The molecule has 2 nitrogen and oxygen atoms in total. The Hall–Kier alpha value is -1.57. The van der Waals surface area contributed by atoms with Crippen molar-refractivity contribution in [3.63, 3.8) is 0 Å². The van der Waals surface area contributed by atoms with E-state index in [4.69, 9.17) is 0 Å². The van der Waals surface area contributed by atoms with E-state index in [1.165, 1.54) is 11.1 Å². The van der Waals surface area contributed by atoms with Crippen LogP contribution in [-0.4, -0.2) is 5.91 Å². The summed E-state index contributed by atoms with van der Waals surface area (Å²) in [5.74, 6) is -0.0173. The summed E-state index contributed by atoms with van der Waals surface area (Å²) in [7, 11) is 0. The van der Waals surface area contributed by atoms with Gasteiger partial charge >= 0.3 is 0 Å². The SMILES string of the molecule is CC(C)=C(C)C(=O)Nc1cc(C)c(C)cc1C. The van der Waals surface area contributed by atoms with Gasteiger partial charge in [0.05, 0.1) is 0 Å². The minimum Gasteiger partial charge on any atom is -0.322 e. The van der Waals surface area contributed by atoms with Crippen LogP contribution >= 0.6 is 0 Å². The predicted octanol–water partition coefficient (Wildman–Crippen LogP) is 3.91. The lowest BCUT2D eigenvalue weighted by Crippen LogP contribution is -2.14. The zero-order valence-electron chi connectivity index (χ0n) is 11.6. The second-order valence-electron chi connectivity index (χ2n) is 4.83. The molecule has 0 aliphatic carbocycles. The molecule has 17 heavy (non-hydrogen) atoms. The monoisotopic (exact) mass is 231 g/mol. The first-order valence-electron chi connectivity index (χ1n) is 5.86. The zero-order valence-corrected chi connectivity index (χ0v) is 11.6. The average molecular weight is 231 g/mol. The molecule has 0 saturated carbocycles. The van der Waals surface area contributed by atoms with Crippen LogP contribution < -0.4 is 5.32 Å². The fourth-order valence-electron chi connectivity index (χ4n) is 1.54. The van der Waals surface area contributed by atoms with Crippen molar-refractivity contribution in [2.75, 3.05) is 5.32 Å². The van der Waals surface area contributed by atoms with Crippen molar-refractivity contribution in [2.45, 2.75) is 41.5 Å². The second kappa shape index (κ2) is 5.17. The molecule has 0 fully saturated rings. The van der Waals surface area contributed by atoms with Crippen molar-refractivity contribution < 1.29 is 4.79 Å². The van der Waals surface area contributed by atoms with Crippen LogP contribution in [0.1, 0.15) is 37.5 Å². The van der Waals surface area contributed by atoms with Gasteiger partial charge in [-0.1, -0.05) is 11.6 Å². The molecular weight excluding hydrogens is 210 g/mol. The molecule has 1 rings (SSSR count). The van der Waals surface area contributed by atoms with Crippen molar-refractivity contribution >= 4 is 11.6 Å². The summed E-state index contributed by atoms with van der Waals surface area (Å²) < 4.78 is 0. The Kier molecular flexibility index (Phi) is 4.11. The average Bonchev–Trinajstić information content (AvgIpc) is 2.24. The molecule has 0 radical (unpaired) electrons. The smallest absolute Gasteiger partial charge is 0.251 e. The Bertz CT molecular complexity index is 480. The van der Waals surface area contributed by atoms with Crippen LogP contribution in [0.3, 0.4) is 0 Å². The number of anilines is 1. The normalized spacial score (nSPS) is 10.0. The van der Waals surface area contributed by atoms with Crippen LogP contribution in [0, 0.1) is 20.8 Å². The molecule has 0 saturated heterocycles. The molecule has 1 N–H and O–H groups in total. The number of carbonyl (C=O) groups excluding carboxylic acids is 1. The highest BCUT2D eigenvalue weighted by Crippen LogP contribution is 2.20. The van der Waals surface area contributed by atoms with Gasteiger partial charge in [0, 0.05) is 11.3 Å². The number of allylic oxidation sites excluding steroid dienone is 1. The van der Waals surface area contributed by atoms with Crippen molar-refractivity contribution in [3.05, 3.63) is 40.0 Å². The fraction of sp³-hybridized carbons (Fsp3) is 0.400. The first-order chi connectivity index (χ1) is 7.82. The van der Waals surface area contributed by atoms with Gasteiger partial charge < -0.3 is 5.32 Å². The van der Waals surface area contributed by atoms with Crippen molar-refractivity contribution in [1.82, 2.24) is 0 Å². The third-order valence-electron chi connectivity index (χ3n) is 3.18. The quantitative estimate of drug-likeness (QED) is 0.768. The largest absolute Gasteiger partial charge is 0.322 e. The minimum atomic E-state index is -0.0173. The summed E-state index contributed by atoms with van der Waals surface area (Å²) in [6.45, 7) is 11.9. The van der Waals surface area contributed by atoms with Gasteiger partial charge in [-0.15, -0.1) is 0 Å². The van der Waals surface area contributed by atoms with Crippen molar-refractivity contribution in [1.29, 1.82) is 0 Å². The van der Waals surface area contributed by atoms with Crippen LogP contribution in [0.5, 0.6) is 0 Å². The van der Waals surface area contributed by atoms with Gasteiger partial charge in [0.25, 0.3) is 5.91 Å². The van der Waals surface area contributed by atoms with Crippen LogP contribution in [0.2, 0.25) is 0 Å². The van der Waals surface area contributed by atoms with E-state index in [2.05, 4.69) is 25.2 Å². The summed E-state index contributed by atoms with van der Waals surface area (Å²) in [6, 6.07) is 4.13. The molecular formula is C15H21NO. The highest BCUT2D eigenvalue weighted by Gasteiger charge is 2.08. The predicted molar refractivity (Wildman–Crippen MR) is 73.3 cm³/mol. The number of aryl methyl sites for hydroxylation is 3. The minimum absolute atomic E-state index is 0.0173. The van der Waals surface area contributed by atoms with E-state index >= 15 is 0 Å². The molecule has 0 aliphatic heterocycles. The van der Waals surface area contributed by atoms with Crippen LogP contribution in [-0.2, 0) is 4.79 Å². The van der Waals surface area contributed by atoms with E-state index in [1.807, 2.05) is 33.8 Å². The summed E-state index contributed by atoms with van der Waals surface area (Å²) in [5, 5.41) is 2.96. The number of hydrogen-bond donors (Lipinski definition) is 1. The summed E-state index contributed by atoms with van der Waals surface area (Å²) in [5.41, 5.74) is 6.27. The molecule has 92 valence electrons. The van der Waals surface area contributed by atoms with E-state index in [9.17, 15) is 4.79 Å². The van der Waals surface area contributed by atoms with Gasteiger partial charge in [0.1, 0.15) is 0 Å². The summed E-state index contributed by atoms with van der Waals surface area (Å²) >= 11 is 0. The van der Waals surface area contributed by atoms with Gasteiger partial charge in [0.2, 0.25) is 0 Å². The first-order valence-corrected chi connectivity index (χ1v) is 5.86. The van der Waals surface area contributed by atoms with Gasteiger partial charge in [-0.25, -0.2) is 0 Å². The molecule has 1 aromatic rings. The number of nitrogens with one attached hydrogen (secondary N) is 1. The molecule has 0 aromatic heterocycles. The lowest BCUT2D eigenvalue weighted by Gasteiger charge is -2.12. The lowest BCUT2D eigenvalue weighted by atomic mass is 10.0. The summed E-state index contributed by atoms with van der Waals surface area (Å²) in [4.78, 5) is 11.9. The van der Waals surface area contributed by atoms with Crippen molar-refractivity contribution in [2.24, 2.45) is 0 Å². The highest BCUT2D eigenvalue weighted by atomic mass is 16.1. The first kappa shape index (κ1) is 13.5. The van der Waals surface area contributed by atoms with E-state index in [0.29, 0.717) is 0 Å². The Morgan fingerprint density at radius 1 is 0.941 bits per heavy atom. The molecule has 0 heterocycles. The van der Waals surface area contributed by atoms with Gasteiger partial charge in [-0.05, 0) is 64.3 Å². The Labute approximate surface area is 104 Å². The molecule has 0 bridgehead atoms. The molecule has 0 unspecified atom stereocenters. The van der Waals surface area contributed by atoms with Gasteiger partial charge in [-0.2, -0.15) is 0 Å². The zero-order chi connectivity index (χ0) is 13.2. The lowest BCUT2D eigenvalue weighted by molar-refractivity contribution is -0.112. The molecule has 0 atom stereocenters. The molecule has 0 aliphatic rings. The maximum Gasteiger partial charge on any atom is 0.251 e. The van der Waals surface area contributed by atoms with E-state index < -0.39 is 0 Å². The number of benzene rings is 1. The Balaban J connectivity index is 3.01. The Morgan fingerprint density at radius 3 is 2.00 bits per heavy atom. The standard InChI is InChI=1S/C15H21NO/c1-9(2)13(6)15(17)16-14-8-11(4)10(3)7-12(14)5/h7-8H,1-6H3,(H,16,17). The van der Waals surface area contributed by atoms with E-state index in [-0.39, 0.29) is 5.91 Å². The number of hydrogen-bond acceptors (Lipinski definition) is 1. The van der Waals surface area contributed by atoms with E-state index in [1.54, 1.807) is 0 Å². The van der Waals surface area contributed by atoms with Crippen LogP contribution in [0.4, 0.5) is 5.69 Å². The molecule has 1 aromatic carbocycles. The van der Waals surface area contributed by atoms with Gasteiger partial charge in [-0.3, -0.25) is 4.79 Å². The maximum absolute atomic E-state index is 11.9. The van der Waals surface area contributed by atoms with Crippen LogP contribution in [0.15, 0.2) is 23.3 Å². The second-order valence-corrected chi connectivity index (χ2v) is 4.83.